The molecule has 1 aliphatic heterocycles. The summed E-state index contributed by atoms with van der Waals surface area (Å²) in [5.74, 6) is 0.712. The van der Waals surface area contributed by atoms with Crippen LogP contribution in [0.3, 0.4) is 0 Å². The number of benzene rings is 1. The molecule has 1 aliphatic rings. The molecule has 1 amide bonds. The minimum absolute atomic E-state index is 0.0502. The van der Waals surface area contributed by atoms with Gasteiger partial charge in [-0.25, -0.2) is 9.97 Å². The first kappa shape index (κ1) is 17.4. The maximum atomic E-state index is 12.6. The Kier molecular flexibility index (Phi) is 5.95. The number of aromatic nitrogens is 2. The van der Waals surface area contributed by atoms with Gasteiger partial charge in [-0.2, -0.15) is 0 Å². The Balaban J connectivity index is 1.55. The van der Waals surface area contributed by atoms with E-state index < -0.39 is 0 Å². The van der Waals surface area contributed by atoms with Crippen LogP contribution in [-0.2, 0) is 9.53 Å². The smallest absolute Gasteiger partial charge is 0.225 e. The largest absolute Gasteiger partial charge is 0.375 e. The number of anilines is 1. The molecule has 2 unspecified atom stereocenters. The minimum atomic E-state index is -0.137. The first-order valence-electron chi connectivity index (χ1n) is 8.65. The monoisotopic (exact) mass is 340 g/mol. The van der Waals surface area contributed by atoms with Gasteiger partial charge in [0.25, 0.3) is 0 Å². The predicted octanol–water partition coefficient (Wildman–Crippen LogP) is 2.20. The molecular formula is C19H24N4O2. The van der Waals surface area contributed by atoms with E-state index in [1.54, 1.807) is 25.6 Å². The van der Waals surface area contributed by atoms with Crippen molar-refractivity contribution in [1.29, 1.82) is 0 Å². The van der Waals surface area contributed by atoms with Crippen LogP contribution in [-0.4, -0.2) is 42.6 Å². The molecule has 2 atom stereocenters. The Morgan fingerprint density at radius 2 is 2.04 bits per heavy atom. The summed E-state index contributed by atoms with van der Waals surface area (Å²) in [6, 6.07) is 11.7. The number of carbonyl (C=O) groups excluding carboxylic acids is 1. The number of hydrogen-bond acceptors (Lipinski definition) is 5. The van der Waals surface area contributed by atoms with E-state index in [2.05, 4.69) is 20.2 Å². The van der Waals surface area contributed by atoms with Crippen molar-refractivity contribution >= 4 is 11.9 Å². The zero-order valence-electron chi connectivity index (χ0n) is 14.5. The van der Waals surface area contributed by atoms with Crippen LogP contribution in [0.25, 0.3) is 0 Å². The van der Waals surface area contributed by atoms with Gasteiger partial charge in [0.1, 0.15) is 0 Å². The van der Waals surface area contributed by atoms with E-state index in [4.69, 9.17) is 4.74 Å². The number of hydrogen-bond donors (Lipinski definition) is 1. The normalized spacial score (nSPS) is 18.6. The van der Waals surface area contributed by atoms with Gasteiger partial charge < -0.3 is 15.0 Å². The van der Waals surface area contributed by atoms with Crippen LogP contribution < -0.4 is 10.2 Å². The molecule has 3 rings (SSSR count). The van der Waals surface area contributed by atoms with Gasteiger partial charge in [0.05, 0.1) is 12.0 Å². The Morgan fingerprint density at radius 1 is 1.28 bits per heavy atom. The molecule has 1 aromatic heterocycles. The number of ether oxygens (including phenoxy) is 1. The highest BCUT2D eigenvalue weighted by Crippen LogP contribution is 2.21. The standard InChI is InChI=1S/C19H24N4O2/c1-25-17(15-7-3-2-4-8-15)13-22-18(24)16-9-5-12-23(14-16)19-20-10-6-11-21-19/h2-4,6-8,10-11,16-17H,5,9,12-14H2,1H3,(H,22,24). The van der Waals surface area contributed by atoms with Crippen LogP contribution in [0, 0.1) is 5.92 Å². The topological polar surface area (TPSA) is 67.3 Å². The molecule has 2 heterocycles. The van der Waals surface area contributed by atoms with E-state index in [0.29, 0.717) is 19.0 Å². The second-order valence-corrected chi connectivity index (χ2v) is 6.21. The fourth-order valence-corrected chi connectivity index (χ4v) is 3.17. The average molecular weight is 340 g/mol. The van der Waals surface area contributed by atoms with Gasteiger partial charge in [-0.05, 0) is 24.5 Å². The zero-order valence-corrected chi connectivity index (χ0v) is 14.5. The lowest BCUT2D eigenvalue weighted by Crippen LogP contribution is -2.44. The SMILES string of the molecule is COC(CNC(=O)C1CCCN(c2ncccn2)C1)c1ccccc1. The lowest BCUT2D eigenvalue weighted by atomic mass is 9.97. The third-order valence-corrected chi connectivity index (χ3v) is 4.54. The van der Waals surface area contributed by atoms with E-state index in [1.807, 2.05) is 30.3 Å². The van der Waals surface area contributed by atoms with Crippen molar-refractivity contribution in [3.05, 3.63) is 54.4 Å². The molecule has 0 saturated carbocycles. The molecular weight excluding hydrogens is 316 g/mol. The fourth-order valence-electron chi connectivity index (χ4n) is 3.17. The fraction of sp³-hybridized carbons (Fsp3) is 0.421. The van der Waals surface area contributed by atoms with Crippen molar-refractivity contribution in [2.24, 2.45) is 5.92 Å². The second kappa shape index (κ2) is 8.58. The van der Waals surface area contributed by atoms with Gasteiger partial charge >= 0.3 is 0 Å². The number of rotatable bonds is 6. The molecule has 0 bridgehead atoms. The van der Waals surface area contributed by atoms with E-state index in [1.165, 1.54) is 0 Å². The Bertz CT molecular complexity index is 666. The molecule has 0 spiro atoms. The molecule has 1 saturated heterocycles. The van der Waals surface area contributed by atoms with Gasteiger partial charge in [-0.1, -0.05) is 30.3 Å². The molecule has 1 N–H and O–H groups in total. The maximum Gasteiger partial charge on any atom is 0.225 e. The van der Waals surface area contributed by atoms with Crippen LogP contribution >= 0.6 is 0 Å². The number of piperidine rings is 1. The molecule has 25 heavy (non-hydrogen) atoms. The molecule has 0 radical (unpaired) electrons. The summed E-state index contributed by atoms with van der Waals surface area (Å²) in [6.45, 7) is 2.01. The first-order chi connectivity index (χ1) is 12.3. The van der Waals surface area contributed by atoms with E-state index in [0.717, 1.165) is 24.9 Å². The third-order valence-electron chi connectivity index (χ3n) is 4.54. The number of methoxy groups -OCH3 is 1. The highest BCUT2D eigenvalue weighted by molar-refractivity contribution is 5.79. The highest BCUT2D eigenvalue weighted by atomic mass is 16.5. The third kappa shape index (κ3) is 4.54. The maximum absolute atomic E-state index is 12.6. The number of amides is 1. The van der Waals surface area contributed by atoms with Crippen molar-refractivity contribution in [2.75, 3.05) is 31.6 Å². The zero-order chi connectivity index (χ0) is 17.5. The predicted molar refractivity (Wildman–Crippen MR) is 96.2 cm³/mol. The molecule has 2 aromatic rings. The van der Waals surface area contributed by atoms with E-state index >= 15 is 0 Å². The van der Waals surface area contributed by atoms with Crippen LogP contribution in [0.5, 0.6) is 0 Å². The van der Waals surface area contributed by atoms with Crippen molar-refractivity contribution in [2.45, 2.75) is 18.9 Å². The lowest BCUT2D eigenvalue weighted by molar-refractivity contribution is -0.125. The van der Waals surface area contributed by atoms with Crippen LogP contribution in [0.15, 0.2) is 48.8 Å². The van der Waals surface area contributed by atoms with Crippen molar-refractivity contribution in [3.63, 3.8) is 0 Å². The van der Waals surface area contributed by atoms with Gasteiger partial charge in [0.2, 0.25) is 11.9 Å². The highest BCUT2D eigenvalue weighted by Gasteiger charge is 2.27. The van der Waals surface area contributed by atoms with Crippen LogP contribution in [0.2, 0.25) is 0 Å². The average Bonchev–Trinajstić information content (AvgIpc) is 2.70. The summed E-state index contributed by atoms with van der Waals surface area (Å²) in [6.07, 6.45) is 5.17. The molecule has 132 valence electrons. The summed E-state index contributed by atoms with van der Waals surface area (Å²) in [4.78, 5) is 23.2. The number of nitrogens with zero attached hydrogens (tertiary/aromatic N) is 3. The molecule has 6 heteroatoms. The summed E-state index contributed by atoms with van der Waals surface area (Å²) < 4.78 is 5.52. The Morgan fingerprint density at radius 3 is 2.76 bits per heavy atom. The Labute approximate surface area is 148 Å². The summed E-state index contributed by atoms with van der Waals surface area (Å²) in [5, 5.41) is 3.04. The van der Waals surface area contributed by atoms with Gasteiger partial charge in [0, 0.05) is 39.1 Å². The molecule has 6 nitrogen and oxygen atoms in total. The molecule has 1 fully saturated rings. The van der Waals surface area contributed by atoms with Crippen molar-refractivity contribution in [1.82, 2.24) is 15.3 Å². The van der Waals surface area contributed by atoms with Crippen LogP contribution in [0.4, 0.5) is 5.95 Å². The molecule has 1 aromatic carbocycles. The van der Waals surface area contributed by atoms with Crippen LogP contribution in [0.1, 0.15) is 24.5 Å². The summed E-state index contributed by atoms with van der Waals surface area (Å²) >= 11 is 0. The minimum Gasteiger partial charge on any atom is -0.375 e. The number of carbonyl (C=O) groups is 1. The van der Waals surface area contributed by atoms with E-state index in [-0.39, 0.29) is 17.9 Å². The van der Waals surface area contributed by atoms with Crippen molar-refractivity contribution in [3.8, 4) is 0 Å². The van der Waals surface area contributed by atoms with Gasteiger partial charge in [-0.3, -0.25) is 4.79 Å². The Hall–Kier alpha value is -2.47. The van der Waals surface area contributed by atoms with E-state index in [9.17, 15) is 4.79 Å². The van der Waals surface area contributed by atoms with Gasteiger partial charge in [-0.15, -0.1) is 0 Å². The lowest BCUT2D eigenvalue weighted by Gasteiger charge is -2.32. The molecule has 0 aliphatic carbocycles. The number of nitrogens with one attached hydrogen (secondary N) is 1. The quantitative estimate of drug-likeness (QED) is 0.873. The van der Waals surface area contributed by atoms with Gasteiger partial charge in [0.15, 0.2) is 0 Å². The summed E-state index contributed by atoms with van der Waals surface area (Å²) in [5.41, 5.74) is 1.06. The first-order valence-corrected chi connectivity index (χ1v) is 8.65. The van der Waals surface area contributed by atoms with Crippen molar-refractivity contribution < 1.29 is 9.53 Å². The summed E-state index contributed by atoms with van der Waals surface area (Å²) in [7, 11) is 1.67. The second-order valence-electron chi connectivity index (χ2n) is 6.21.